The highest BCUT2D eigenvalue weighted by Gasteiger charge is 2.36. The van der Waals surface area contributed by atoms with Crippen LogP contribution in [0.5, 0.6) is 5.75 Å². The first-order valence-corrected chi connectivity index (χ1v) is 10.9. The number of hydrogen-bond acceptors (Lipinski definition) is 5. The zero-order chi connectivity index (χ0) is 22.3. The van der Waals surface area contributed by atoms with Gasteiger partial charge in [-0.3, -0.25) is 0 Å². The van der Waals surface area contributed by atoms with Crippen molar-refractivity contribution in [3.8, 4) is 5.75 Å². The summed E-state index contributed by atoms with van der Waals surface area (Å²) < 4.78 is 51.9. The van der Waals surface area contributed by atoms with Crippen molar-refractivity contribution in [2.75, 3.05) is 18.5 Å². The van der Waals surface area contributed by atoms with Crippen LogP contribution in [0, 0.1) is 11.8 Å². The first-order valence-electron chi connectivity index (χ1n) is 10.9. The van der Waals surface area contributed by atoms with Crippen molar-refractivity contribution in [2.45, 2.75) is 44.5 Å². The molecule has 5 rings (SSSR count). The first-order chi connectivity index (χ1) is 15.4. The van der Waals surface area contributed by atoms with Crippen molar-refractivity contribution in [1.82, 2.24) is 15.0 Å². The van der Waals surface area contributed by atoms with E-state index in [2.05, 4.69) is 27.2 Å². The Hall–Kier alpha value is -2.81. The molecule has 1 saturated carbocycles. The number of ether oxygens (including phenoxy) is 2. The molecule has 3 aromatic rings. The molecule has 32 heavy (non-hydrogen) atoms. The molecule has 1 aliphatic carbocycles. The average Bonchev–Trinajstić information content (AvgIpc) is 3.40. The molecule has 0 saturated heterocycles. The minimum atomic E-state index is -4.49. The van der Waals surface area contributed by atoms with E-state index < -0.39 is 11.9 Å². The summed E-state index contributed by atoms with van der Waals surface area (Å²) in [6.45, 7) is 3.24. The van der Waals surface area contributed by atoms with E-state index in [1.165, 1.54) is 19.2 Å². The monoisotopic (exact) mass is 446 g/mol. The molecular weight excluding hydrogens is 421 g/mol. The largest absolute Gasteiger partial charge is 0.490 e. The zero-order valence-corrected chi connectivity index (χ0v) is 17.7. The molecule has 3 heterocycles. The van der Waals surface area contributed by atoms with Gasteiger partial charge in [-0.1, -0.05) is 38.0 Å². The van der Waals surface area contributed by atoms with Crippen LogP contribution >= 0.6 is 0 Å². The van der Waals surface area contributed by atoms with Crippen molar-refractivity contribution in [1.29, 1.82) is 0 Å². The van der Waals surface area contributed by atoms with Crippen LogP contribution in [-0.2, 0) is 10.9 Å². The molecular formula is C23H25F3N4O2. The summed E-state index contributed by atoms with van der Waals surface area (Å²) in [5.74, 6) is 2.19. The highest BCUT2D eigenvalue weighted by molar-refractivity contribution is 5.88. The van der Waals surface area contributed by atoms with Gasteiger partial charge in [0, 0.05) is 5.56 Å². The van der Waals surface area contributed by atoms with E-state index in [-0.39, 0.29) is 23.2 Å². The quantitative estimate of drug-likeness (QED) is 0.553. The molecule has 2 aliphatic rings. The minimum absolute atomic E-state index is 0.132. The molecule has 2 aromatic heterocycles. The highest BCUT2D eigenvalue weighted by Crippen LogP contribution is 2.39. The number of nitrogens with one attached hydrogen (secondary N) is 2. The van der Waals surface area contributed by atoms with Crippen molar-refractivity contribution >= 4 is 16.9 Å². The van der Waals surface area contributed by atoms with Crippen molar-refractivity contribution in [2.24, 2.45) is 11.8 Å². The van der Waals surface area contributed by atoms with Crippen LogP contribution in [0.2, 0.25) is 0 Å². The molecule has 0 spiro atoms. The number of benzene rings is 1. The molecule has 2 N–H and O–H groups in total. The van der Waals surface area contributed by atoms with Crippen molar-refractivity contribution < 1.29 is 22.6 Å². The van der Waals surface area contributed by atoms with Gasteiger partial charge in [0.25, 0.3) is 0 Å². The standard InChI is InChI=1S/C23H25F3N4O2/c1-13-5-4-6-14(13)10-31-18-11-32-17-8-3-2-7-15(17)20(18)30-22-16-9-19(23(24,25)26)29-21(16)27-12-28-22/h2-3,7-9,12-14,18,20H,4-6,10-11H2,1H3,(H2,27,28,29,30)/t13?,14?,18-,20-/m0/s1. The van der Waals surface area contributed by atoms with Crippen LogP contribution in [0.15, 0.2) is 36.7 Å². The fourth-order valence-corrected chi connectivity index (χ4v) is 4.72. The lowest BCUT2D eigenvalue weighted by atomic mass is 9.96. The van der Waals surface area contributed by atoms with Crippen molar-refractivity contribution in [3.05, 3.63) is 47.9 Å². The molecule has 6 nitrogen and oxygen atoms in total. The summed E-state index contributed by atoms with van der Waals surface area (Å²) >= 11 is 0. The Bertz CT molecular complexity index is 1100. The number of hydrogen-bond donors (Lipinski definition) is 2. The molecule has 0 bridgehead atoms. The Kier molecular flexibility index (Phi) is 5.44. The first kappa shape index (κ1) is 21.1. The maximum atomic E-state index is 13.2. The lowest BCUT2D eigenvalue weighted by Gasteiger charge is -2.35. The molecule has 1 aliphatic heterocycles. The normalized spacial score (nSPS) is 25.5. The summed E-state index contributed by atoms with van der Waals surface area (Å²) in [5, 5.41) is 3.62. The lowest BCUT2D eigenvalue weighted by Crippen LogP contribution is -2.38. The van der Waals surface area contributed by atoms with E-state index in [0.29, 0.717) is 30.9 Å². The number of para-hydroxylation sites is 1. The molecule has 9 heteroatoms. The Balaban J connectivity index is 1.45. The Morgan fingerprint density at radius 2 is 2.06 bits per heavy atom. The van der Waals surface area contributed by atoms with E-state index in [1.54, 1.807) is 0 Å². The molecule has 0 radical (unpaired) electrons. The zero-order valence-electron chi connectivity index (χ0n) is 17.7. The van der Waals surface area contributed by atoms with E-state index in [0.717, 1.165) is 23.8 Å². The average molecular weight is 446 g/mol. The van der Waals surface area contributed by atoms with Gasteiger partial charge >= 0.3 is 6.18 Å². The van der Waals surface area contributed by atoms with Crippen molar-refractivity contribution in [3.63, 3.8) is 0 Å². The third-order valence-electron chi connectivity index (χ3n) is 6.62. The Morgan fingerprint density at radius 3 is 2.84 bits per heavy atom. The number of H-pyrrole nitrogens is 1. The Morgan fingerprint density at radius 1 is 1.22 bits per heavy atom. The van der Waals surface area contributed by atoms with Gasteiger partial charge < -0.3 is 19.8 Å². The van der Waals surface area contributed by atoms with E-state index in [9.17, 15) is 13.2 Å². The molecule has 2 unspecified atom stereocenters. The summed E-state index contributed by atoms with van der Waals surface area (Å²) in [6, 6.07) is 8.34. The highest BCUT2D eigenvalue weighted by atomic mass is 19.4. The molecule has 1 aromatic carbocycles. The summed E-state index contributed by atoms with van der Waals surface area (Å²) in [4.78, 5) is 10.6. The van der Waals surface area contributed by atoms with Gasteiger partial charge in [0.2, 0.25) is 0 Å². The van der Waals surface area contributed by atoms with Crippen LogP contribution in [0.4, 0.5) is 19.0 Å². The SMILES string of the molecule is CC1CCCC1CO[C@H]1COc2ccccc2[C@@H]1Nc1ncnc2[nH]c(C(F)(F)F)cc12. The predicted molar refractivity (Wildman–Crippen MR) is 113 cm³/mol. The molecule has 1 fully saturated rings. The number of anilines is 1. The lowest BCUT2D eigenvalue weighted by molar-refractivity contribution is -0.140. The fourth-order valence-electron chi connectivity index (χ4n) is 4.72. The van der Waals surface area contributed by atoms with Gasteiger partial charge in [-0.25, -0.2) is 9.97 Å². The third-order valence-corrected chi connectivity index (χ3v) is 6.62. The maximum Gasteiger partial charge on any atom is 0.431 e. The number of halogens is 3. The number of aromatic nitrogens is 3. The molecule has 0 amide bonds. The van der Waals surface area contributed by atoms with Gasteiger partial charge in [0.05, 0.1) is 18.0 Å². The van der Waals surface area contributed by atoms with Crippen LogP contribution in [0.1, 0.15) is 43.5 Å². The molecule has 170 valence electrons. The number of fused-ring (bicyclic) bond motifs is 2. The van der Waals surface area contributed by atoms with Crippen LogP contribution < -0.4 is 10.1 Å². The topological polar surface area (TPSA) is 72.1 Å². The van der Waals surface area contributed by atoms with Gasteiger partial charge in [-0.2, -0.15) is 13.2 Å². The van der Waals surface area contributed by atoms with Crippen LogP contribution in [-0.4, -0.2) is 34.3 Å². The van der Waals surface area contributed by atoms with Crippen LogP contribution in [0.25, 0.3) is 11.0 Å². The van der Waals surface area contributed by atoms with E-state index >= 15 is 0 Å². The second-order valence-corrected chi connectivity index (χ2v) is 8.68. The predicted octanol–water partition coefficient (Wildman–Crippen LogP) is 5.34. The number of nitrogens with zero attached hydrogens (tertiary/aromatic N) is 2. The second-order valence-electron chi connectivity index (χ2n) is 8.68. The summed E-state index contributed by atoms with van der Waals surface area (Å²) in [6.07, 6.45) is 0.0426. The van der Waals surface area contributed by atoms with Crippen LogP contribution in [0.3, 0.4) is 0 Å². The summed E-state index contributed by atoms with van der Waals surface area (Å²) in [7, 11) is 0. The fraction of sp³-hybridized carbons (Fsp3) is 0.478. The second kappa shape index (κ2) is 8.27. The van der Waals surface area contributed by atoms with Gasteiger partial charge in [0.15, 0.2) is 0 Å². The number of rotatable bonds is 5. The van der Waals surface area contributed by atoms with Gasteiger partial charge in [0.1, 0.15) is 41.9 Å². The van der Waals surface area contributed by atoms with E-state index in [1.807, 2.05) is 24.3 Å². The minimum Gasteiger partial charge on any atom is -0.490 e. The summed E-state index contributed by atoms with van der Waals surface area (Å²) in [5.41, 5.74) is 0.167. The van der Waals surface area contributed by atoms with Gasteiger partial charge in [-0.15, -0.1) is 0 Å². The van der Waals surface area contributed by atoms with Gasteiger partial charge in [-0.05, 0) is 30.4 Å². The number of alkyl halides is 3. The maximum absolute atomic E-state index is 13.2. The third kappa shape index (κ3) is 4.01. The number of aromatic amines is 1. The molecule has 4 atom stereocenters. The van der Waals surface area contributed by atoms with E-state index in [4.69, 9.17) is 9.47 Å². The smallest absolute Gasteiger partial charge is 0.431 e. The Labute approximate surface area is 183 Å².